The minimum atomic E-state index is -0.341. The number of nitrogens with one attached hydrogen (secondary N) is 1. The van der Waals surface area contributed by atoms with Crippen LogP contribution in [0.25, 0.3) is 21.5 Å². The van der Waals surface area contributed by atoms with E-state index in [1.807, 2.05) is 50.2 Å². The van der Waals surface area contributed by atoms with Gasteiger partial charge in [-0.1, -0.05) is 47.2 Å². The number of fused-ring (bicyclic) bond motifs is 1. The summed E-state index contributed by atoms with van der Waals surface area (Å²) in [5.74, 6) is -0.341. The first kappa shape index (κ1) is 18.1. The second-order valence-corrected chi connectivity index (χ2v) is 7.60. The summed E-state index contributed by atoms with van der Waals surface area (Å²) >= 11 is 1.39. The van der Waals surface area contributed by atoms with Crippen molar-refractivity contribution >= 4 is 32.6 Å². The molecule has 0 radical (unpaired) electrons. The van der Waals surface area contributed by atoms with E-state index in [0.717, 1.165) is 26.9 Å². The van der Waals surface area contributed by atoms with Crippen LogP contribution in [0.15, 0.2) is 59.4 Å². The van der Waals surface area contributed by atoms with Crippen molar-refractivity contribution in [1.29, 1.82) is 0 Å². The summed E-state index contributed by atoms with van der Waals surface area (Å²) in [4.78, 5) is 29.0. The van der Waals surface area contributed by atoms with Gasteiger partial charge in [-0.15, -0.1) is 0 Å². The van der Waals surface area contributed by atoms with Gasteiger partial charge in [0, 0.05) is 11.6 Å². The molecule has 0 aliphatic carbocycles. The Morgan fingerprint density at radius 2 is 1.93 bits per heavy atom. The second-order valence-electron chi connectivity index (χ2n) is 6.57. The van der Waals surface area contributed by atoms with Gasteiger partial charge in [0.05, 0.1) is 15.9 Å². The van der Waals surface area contributed by atoms with Crippen LogP contribution >= 0.6 is 11.3 Å². The molecular formula is C21H18N4O2S. The van der Waals surface area contributed by atoms with Crippen LogP contribution in [-0.2, 0) is 11.3 Å². The van der Waals surface area contributed by atoms with Crippen LogP contribution in [0.5, 0.6) is 0 Å². The molecule has 0 saturated heterocycles. The first-order valence-electron chi connectivity index (χ1n) is 8.81. The Kier molecular flexibility index (Phi) is 4.75. The fourth-order valence-corrected chi connectivity index (χ4v) is 3.91. The minimum absolute atomic E-state index is 0.173. The van der Waals surface area contributed by atoms with Crippen molar-refractivity contribution in [2.75, 3.05) is 5.32 Å². The molecule has 0 bridgehead atoms. The molecule has 1 N–H and O–H groups in total. The van der Waals surface area contributed by atoms with Crippen molar-refractivity contribution in [2.45, 2.75) is 20.4 Å². The van der Waals surface area contributed by atoms with Crippen LogP contribution < -0.4 is 10.9 Å². The zero-order valence-electron chi connectivity index (χ0n) is 15.5. The highest BCUT2D eigenvalue weighted by molar-refractivity contribution is 7.22. The molecule has 0 fully saturated rings. The smallest absolute Gasteiger partial charge is 0.267 e. The molecule has 7 heteroatoms. The Balaban J connectivity index is 1.57. The number of anilines is 1. The maximum atomic E-state index is 12.4. The number of aryl methyl sites for hydroxylation is 2. The zero-order valence-corrected chi connectivity index (χ0v) is 16.3. The van der Waals surface area contributed by atoms with E-state index in [-0.39, 0.29) is 18.0 Å². The molecule has 140 valence electrons. The van der Waals surface area contributed by atoms with E-state index in [1.165, 1.54) is 22.1 Å². The summed E-state index contributed by atoms with van der Waals surface area (Å²) in [7, 11) is 0. The molecule has 0 aliphatic rings. The van der Waals surface area contributed by atoms with Gasteiger partial charge >= 0.3 is 0 Å². The van der Waals surface area contributed by atoms with E-state index in [4.69, 9.17) is 0 Å². The highest BCUT2D eigenvalue weighted by atomic mass is 32.1. The Morgan fingerprint density at radius 1 is 1.11 bits per heavy atom. The number of hydrogen-bond acceptors (Lipinski definition) is 5. The summed E-state index contributed by atoms with van der Waals surface area (Å²) in [6.07, 6.45) is 0. The van der Waals surface area contributed by atoms with Gasteiger partial charge in [0.1, 0.15) is 6.54 Å². The first-order chi connectivity index (χ1) is 13.5. The van der Waals surface area contributed by atoms with Gasteiger partial charge < -0.3 is 5.32 Å². The number of nitrogens with zero attached hydrogens (tertiary/aromatic N) is 3. The monoisotopic (exact) mass is 390 g/mol. The van der Waals surface area contributed by atoms with Gasteiger partial charge in [-0.2, -0.15) is 5.10 Å². The number of amides is 1. The van der Waals surface area contributed by atoms with Crippen LogP contribution in [0.4, 0.5) is 5.13 Å². The van der Waals surface area contributed by atoms with E-state index in [2.05, 4.69) is 21.5 Å². The molecule has 28 heavy (non-hydrogen) atoms. The van der Waals surface area contributed by atoms with Crippen molar-refractivity contribution in [1.82, 2.24) is 14.8 Å². The van der Waals surface area contributed by atoms with Crippen LogP contribution in [-0.4, -0.2) is 20.7 Å². The Bertz CT molecular complexity index is 1210. The van der Waals surface area contributed by atoms with E-state index >= 15 is 0 Å². The molecule has 2 heterocycles. The van der Waals surface area contributed by atoms with E-state index in [1.54, 1.807) is 6.07 Å². The topological polar surface area (TPSA) is 76.9 Å². The fourth-order valence-electron chi connectivity index (χ4n) is 3.03. The molecule has 1 amide bonds. The average Bonchev–Trinajstić information content (AvgIpc) is 3.06. The molecule has 2 aromatic heterocycles. The average molecular weight is 390 g/mol. The molecule has 0 aliphatic heterocycles. The summed E-state index contributed by atoms with van der Waals surface area (Å²) in [6, 6.07) is 16.8. The van der Waals surface area contributed by atoms with Crippen LogP contribution in [0, 0.1) is 13.8 Å². The molecular weight excluding hydrogens is 372 g/mol. The number of para-hydroxylation sites is 1. The third-order valence-electron chi connectivity index (χ3n) is 4.36. The van der Waals surface area contributed by atoms with Crippen LogP contribution in [0.1, 0.15) is 11.1 Å². The lowest BCUT2D eigenvalue weighted by Gasteiger charge is -2.09. The van der Waals surface area contributed by atoms with E-state index < -0.39 is 0 Å². The van der Waals surface area contributed by atoms with Crippen molar-refractivity contribution in [2.24, 2.45) is 0 Å². The van der Waals surface area contributed by atoms with Crippen molar-refractivity contribution < 1.29 is 4.79 Å². The lowest BCUT2D eigenvalue weighted by Crippen LogP contribution is -2.29. The molecule has 4 aromatic rings. The van der Waals surface area contributed by atoms with E-state index in [0.29, 0.717) is 10.8 Å². The van der Waals surface area contributed by atoms with Gasteiger partial charge in [-0.3, -0.25) is 9.59 Å². The van der Waals surface area contributed by atoms with Gasteiger partial charge in [0.15, 0.2) is 5.13 Å². The number of hydrogen-bond donors (Lipinski definition) is 1. The van der Waals surface area contributed by atoms with Crippen molar-refractivity contribution in [3.05, 3.63) is 76.1 Å². The maximum absolute atomic E-state index is 12.4. The zero-order chi connectivity index (χ0) is 19.7. The highest BCUT2D eigenvalue weighted by Gasteiger charge is 2.12. The second kappa shape index (κ2) is 7.36. The van der Waals surface area contributed by atoms with Gasteiger partial charge in [-0.25, -0.2) is 9.67 Å². The summed E-state index contributed by atoms with van der Waals surface area (Å²) in [6.45, 7) is 3.85. The summed E-state index contributed by atoms with van der Waals surface area (Å²) in [5, 5.41) is 7.64. The Morgan fingerprint density at radius 3 is 2.71 bits per heavy atom. The molecule has 0 saturated carbocycles. The van der Waals surface area contributed by atoms with Gasteiger partial charge in [0.2, 0.25) is 5.91 Å². The molecule has 2 aromatic carbocycles. The summed E-state index contributed by atoms with van der Waals surface area (Å²) in [5.41, 5.74) is 4.32. The number of benzene rings is 2. The SMILES string of the molecule is Cc1ccc(-c2ccc(=O)n(CC(=O)Nc3nc4ccccc4s3)n2)c(C)c1. The van der Waals surface area contributed by atoms with Crippen LogP contribution in [0.2, 0.25) is 0 Å². The normalized spacial score (nSPS) is 10.9. The van der Waals surface area contributed by atoms with Crippen molar-refractivity contribution in [3.63, 3.8) is 0 Å². The number of thiazole rings is 1. The Labute approximate surface area is 165 Å². The minimum Gasteiger partial charge on any atom is -0.300 e. The molecule has 0 spiro atoms. The third-order valence-corrected chi connectivity index (χ3v) is 5.31. The fraction of sp³-hybridized carbons (Fsp3) is 0.143. The molecule has 6 nitrogen and oxygen atoms in total. The van der Waals surface area contributed by atoms with Gasteiger partial charge in [0.25, 0.3) is 5.56 Å². The molecule has 0 atom stereocenters. The standard InChI is InChI=1S/C21H18N4O2S/c1-13-7-8-15(14(2)11-13)16-9-10-20(27)25(24-16)12-19(26)23-21-22-17-5-3-4-6-18(17)28-21/h3-11H,12H2,1-2H3,(H,22,23,26). The van der Waals surface area contributed by atoms with Gasteiger partial charge in [-0.05, 0) is 37.6 Å². The summed E-state index contributed by atoms with van der Waals surface area (Å²) < 4.78 is 2.17. The quantitative estimate of drug-likeness (QED) is 0.575. The van der Waals surface area contributed by atoms with E-state index in [9.17, 15) is 9.59 Å². The molecule has 4 rings (SSSR count). The third kappa shape index (κ3) is 3.70. The number of carbonyl (C=O) groups excluding carboxylic acids is 1. The highest BCUT2D eigenvalue weighted by Crippen LogP contribution is 2.25. The van der Waals surface area contributed by atoms with Crippen LogP contribution in [0.3, 0.4) is 0 Å². The van der Waals surface area contributed by atoms with Crippen molar-refractivity contribution in [3.8, 4) is 11.3 Å². The first-order valence-corrected chi connectivity index (χ1v) is 9.62. The maximum Gasteiger partial charge on any atom is 0.267 e. The lowest BCUT2D eigenvalue weighted by atomic mass is 10.0. The number of aromatic nitrogens is 3. The predicted molar refractivity (Wildman–Crippen MR) is 112 cm³/mol. The lowest BCUT2D eigenvalue weighted by molar-refractivity contribution is -0.117. The predicted octanol–water partition coefficient (Wildman–Crippen LogP) is 3.78. The molecule has 0 unspecified atom stereocenters. The number of rotatable bonds is 4. The Hall–Kier alpha value is -3.32. The number of carbonyl (C=O) groups is 1. The largest absolute Gasteiger partial charge is 0.300 e.